The zero-order valence-corrected chi connectivity index (χ0v) is 12.2. The van der Waals surface area contributed by atoms with Gasteiger partial charge in [0.25, 0.3) is 0 Å². The molecule has 0 heterocycles. The van der Waals surface area contributed by atoms with Crippen molar-refractivity contribution in [3.05, 3.63) is 63.9 Å². The lowest BCUT2D eigenvalue weighted by Crippen LogP contribution is -2.30. The Hall–Kier alpha value is -1.29. The van der Waals surface area contributed by atoms with Crippen LogP contribution in [0.4, 0.5) is 4.39 Å². The Balaban J connectivity index is 1.89. The van der Waals surface area contributed by atoms with Crippen molar-refractivity contribution >= 4 is 23.2 Å². The first-order valence-corrected chi connectivity index (χ1v) is 6.88. The molecule has 0 amide bonds. The molecule has 0 saturated carbocycles. The van der Waals surface area contributed by atoms with Crippen molar-refractivity contribution in [3.8, 4) is 5.75 Å². The molecule has 20 heavy (non-hydrogen) atoms. The minimum Gasteiger partial charge on any atom is -0.492 e. The van der Waals surface area contributed by atoms with Gasteiger partial charge < -0.3 is 10.5 Å². The first-order valence-electron chi connectivity index (χ1n) is 6.12. The third-order valence-corrected chi connectivity index (χ3v) is 3.27. The second-order valence-electron chi connectivity index (χ2n) is 4.48. The van der Waals surface area contributed by atoms with Crippen molar-refractivity contribution in [2.75, 3.05) is 6.61 Å². The van der Waals surface area contributed by atoms with Crippen LogP contribution >= 0.6 is 23.2 Å². The molecule has 1 atom stereocenters. The lowest BCUT2D eigenvalue weighted by atomic mass is 10.1. The topological polar surface area (TPSA) is 35.2 Å². The monoisotopic (exact) mass is 313 g/mol. The van der Waals surface area contributed by atoms with Crippen LogP contribution in [0, 0.1) is 5.82 Å². The number of halogens is 3. The first-order chi connectivity index (χ1) is 9.54. The molecule has 2 N–H and O–H groups in total. The van der Waals surface area contributed by atoms with Gasteiger partial charge in [-0.1, -0.05) is 35.3 Å². The highest BCUT2D eigenvalue weighted by Crippen LogP contribution is 2.19. The van der Waals surface area contributed by atoms with E-state index < -0.39 is 5.82 Å². The maximum absolute atomic E-state index is 13.0. The van der Waals surface area contributed by atoms with Crippen LogP contribution in [-0.2, 0) is 6.42 Å². The van der Waals surface area contributed by atoms with E-state index in [1.54, 1.807) is 24.3 Å². The average molecular weight is 314 g/mol. The normalized spacial score (nSPS) is 12.2. The van der Waals surface area contributed by atoms with Gasteiger partial charge in [-0.3, -0.25) is 0 Å². The molecular weight excluding hydrogens is 300 g/mol. The van der Waals surface area contributed by atoms with E-state index in [1.807, 2.05) is 12.1 Å². The number of benzene rings is 2. The van der Waals surface area contributed by atoms with E-state index in [4.69, 9.17) is 33.7 Å². The fourth-order valence-electron chi connectivity index (χ4n) is 1.79. The Kier molecular flexibility index (Phi) is 5.24. The summed E-state index contributed by atoms with van der Waals surface area (Å²) in [6.45, 7) is 0.343. The van der Waals surface area contributed by atoms with Gasteiger partial charge in [0.1, 0.15) is 18.2 Å². The Morgan fingerprint density at radius 2 is 1.95 bits per heavy atom. The van der Waals surface area contributed by atoms with E-state index in [0.717, 1.165) is 5.56 Å². The van der Waals surface area contributed by atoms with E-state index in [9.17, 15) is 4.39 Å². The lowest BCUT2D eigenvalue weighted by molar-refractivity contribution is 0.287. The molecule has 0 radical (unpaired) electrons. The van der Waals surface area contributed by atoms with Gasteiger partial charge in [0.15, 0.2) is 0 Å². The highest BCUT2D eigenvalue weighted by molar-refractivity contribution is 6.31. The predicted molar refractivity (Wildman–Crippen MR) is 80.0 cm³/mol. The quantitative estimate of drug-likeness (QED) is 0.902. The zero-order valence-electron chi connectivity index (χ0n) is 10.7. The Bertz CT molecular complexity index is 592. The summed E-state index contributed by atoms with van der Waals surface area (Å²) >= 11 is 11.6. The van der Waals surface area contributed by atoms with Gasteiger partial charge in [0.2, 0.25) is 0 Å². The molecule has 0 spiro atoms. The molecule has 5 heteroatoms. The lowest BCUT2D eigenvalue weighted by Gasteiger charge is -2.13. The smallest absolute Gasteiger partial charge is 0.141 e. The van der Waals surface area contributed by atoms with Crippen LogP contribution in [-0.4, -0.2) is 12.6 Å². The SMILES string of the molecule is NC(COc1cccc(Cl)c1)Cc1ccc(F)c(Cl)c1. The molecule has 0 aromatic heterocycles. The van der Waals surface area contributed by atoms with Crippen LogP contribution in [0.15, 0.2) is 42.5 Å². The van der Waals surface area contributed by atoms with Gasteiger partial charge in [-0.25, -0.2) is 4.39 Å². The van der Waals surface area contributed by atoms with Gasteiger partial charge in [-0.15, -0.1) is 0 Å². The Labute approximate surface area is 127 Å². The van der Waals surface area contributed by atoms with Crippen molar-refractivity contribution in [1.29, 1.82) is 0 Å². The zero-order chi connectivity index (χ0) is 14.5. The van der Waals surface area contributed by atoms with E-state index >= 15 is 0 Å². The van der Waals surface area contributed by atoms with Crippen LogP contribution in [0.2, 0.25) is 10.0 Å². The summed E-state index contributed by atoms with van der Waals surface area (Å²) < 4.78 is 18.6. The molecule has 0 bridgehead atoms. The maximum atomic E-state index is 13.0. The van der Waals surface area contributed by atoms with E-state index in [2.05, 4.69) is 0 Å². The Morgan fingerprint density at radius 3 is 2.65 bits per heavy atom. The van der Waals surface area contributed by atoms with E-state index in [0.29, 0.717) is 23.8 Å². The number of hydrogen-bond donors (Lipinski definition) is 1. The highest BCUT2D eigenvalue weighted by Gasteiger charge is 2.08. The summed E-state index contributed by atoms with van der Waals surface area (Å²) in [6, 6.07) is 11.5. The van der Waals surface area contributed by atoms with Crippen molar-refractivity contribution in [2.24, 2.45) is 5.73 Å². The number of hydrogen-bond acceptors (Lipinski definition) is 2. The van der Waals surface area contributed by atoms with Crippen molar-refractivity contribution < 1.29 is 9.13 Å². The summed E-state index contributed by atoms with van der Waals surface area (Å²) in [5, 5.41) is 0.715. The third kappa shape index (κ3) is 4.37. The van der Waals surface area contributed by atoms with Crippen molar-refractivity contribution in [3.63, 3.8) is 0 Å². The molecule has 2 rings (SSSR count). The van der Waals surface area contributed by atoms with E-state index in [-0.39, 0.29) is 11.1 Å². The molecule has 0 aliphatic heterocycles. The standard InChI is InChI=1S/C15H14Cl2FNO/c16-11-2-1-3-13(8-11)20-9-12(19)6-10-4-5-15(18)14(17)7-10/h1-5,7-8,12H,6,9,19H2. The second kappa shape index (κ2) is 6.93. The van der Waals surface area contributed by atoms with Crippen LogP contribution < -0.4 is 10.5 Å². The van der Waals surface area contributed by atoms with Gasteiger partial charge in [0, 0.05) is 11.1 Å². The maximum Gasteiger partial charge on any atom is 0.141 e. The fraction of sp³-hybridized carbons (Fsp3) is 0.200. The molecule has 2 aromatic rings. The van der Waals surface area contributed by atoms with Crippen LogP contribution in [0.1, 0.15) is 5.56 Å². The van der Waals surface area contributed by atoms with Crippen LogP contribution in [0.25, 0.3) is 0 Å². The third-order valence-electron chi connectivity index (χ3n) is 2.74. The summed E-state index contributed by atoms with van der Waals surface area (Å²) in [7, 11) is 0. The molecule has 0 saturated heterocycles. The Morgan fingerprint density at radius 1 is 1.15 bits per heavy atom. The van der Waals surface area contributed by atoms with Gasteiger partial charge in [-0.05, 0) is 42.3 Å². The summed E-state index contributed by atoms with van der Waals surface area (Å²) in [4.78, 5) is 0. The van der Waals surface area contributed by atoms with Crippen molar-refractivity contribution in [1.82, 2.24) is 0 Å². The minimum absolute atomic E-state index is 0.102. The van der Waals surface area contributed by atoms with Gasteiger partial charge in [-0.2, -0.15) is 0 Å². The summed E-state index contributed by atoms with van der Waals surface area (Å²) in [6.07, 6.45) is 0.556. The predicted octanol–water partition coefficient (Wildman–Crippen LogP) is 4.08. The molecule has 0 aliphatic rings. The first kappa shape index (κ1) is 15.1. The molecule has 2 nitrogen and oxygen atoms in total. The molecule has 0 fully saturated rings. The minimum atomic E-state index is -0.431. The van der Waals surface area contributed by atoms with Crippen molar-refractivity contribution in [2.45, 2.75) is 12.5 Å². The molecular formula is C15H14Cl2FNO. The molecule has 106 valence electrons. The number of nitrogens with two attached hydrogens (primary N) is 1. The molecule has 1 unspecified atom stereocenters. The van der Waals surface area contributed by atoms with Gasteiger partial charge in [0.05, 0.1) is 5.02 Å². The summed E-state index contributed by atoms with van der Waals surface area (Å²) in [5.74, 6) is 0.240. The van der Waals surface area contributed by atoms with Crippen LogP contribution in [0.3, 0.4) is 0 Å². The fourth-order valence-corrected chi connectivity index (χ4v) is 2.17. The molecule has 2 aromatic carbocycles. The number of rotatable bonds is 5. The highest BCUT2D eigenvalue weighted by atomic mass is 35.5. The van der Waals surface area contributed by atoms with Gasteiger partial charge >= 0.3 is 0 Å². The molecule has 0 aliphatic carbocycles. The average Bonchev–Trinajstić information content (AvgIpc) is 2.41. The largest absolute Gasteiger partial charge is 0.492 e. The summed E-state index contributed by atoms with van der Waals surface area (Å²) in [5.41, 5.74) is 6.86. The second-order valence-corrected chi connectivity index (χ2v) is 5.32. The number of ether oxygens (including phenoxy) is 1. The van der Waals surface area contributed by atoms with Crippen LogP contribution in [0.5, 0.6) is 5.75 Å². The van der Waals surface area contributed by atoms with E-state index in [1.165, 1.54) is 6.07 Å².